The summed E-state index contributed by atoms with van der Waals surface area (Å²) in [5, 5.41) is 8.87. The van der Waals surface area contributed by atoms with Crippen molar-refractivity contribution in [3.05, 3.63) is 46.3 Å². The minimum Gasteiger partial charge on any atom is -0.497 e. The number of ether oxygens (including phenoxy) is 1. The molecule has 0 aliphatic heterocycles. The molecule has 1 aromatic carbocycles. The number of carboxylic acid groups (broad SMARTS) is 1. The van der Waals surface area contributed by atoms with E-state index in [0.29, 0.717) is 16.7 Å². The van der Waals surface area contributed by atoms with Gasteiger partial charge in [0.1, 0.15) is 17.6 Å². The second-order valence-corrected chi connectivity index (χ2v) is 3.55. The van der Waals surface area contributed by atoms with Gasteiger partial charge in [-0.25, -0.2) is 4.79 Å². The zero-order chi connectivity index (χ0) is 13.1. The lowest BCUT2D eigenvalue weighted by atomic mass is 10.1. The smallest absolute Gasteiger partial charge is 0.328 e. The number of rotatable bonds is 3. The predicted octanol–water partition coefficient (Wildman–Crippen LogP) is 1.90. The zero-order valence-corrected chi connectivity index (χ0v) is 9.54. The molecule has 18 heavy (non-hydrogen) atoms. The van der Waals surface area contributed by atoms with Gasteiger partial charge in [0, 0.05) is 6.08 Å². The number of fused-ring (bicyclic) bond motifs is 1. The number of carboxylic acids is 1. The summed E-state index contributed by atoms with van der Waals surface area (Å²) in [5.74, 6) is -0.589. The quantitative estimate of drug-likeness (QED) is 0.837. The molecule has 92 valence electrons. The van der Waals surface area contributed by atoms with E-state index in [2.05, 4.69) is 0 Å². The maximum atomic E-state index is 12.0. The Hall–Kier alpha value is -2.56. The predicted molar refractivity (Wildman–Crippen MR) is 65.7 cm³/mol. The van der Waals surface area contributed by atoms with Crippen molar-refractivity contribution in [2.75, 3.05) is 7.11 Å². The topological polar surface area (TPSA) is 76.7 Å². The second-order valence-electron chi connectivity index (χ2n) is 3.55. The molecule has 0 unspecified atom stereocenters. The highest BCUT2D eigenvalue weighted by molar-refractivity contribution is 5.86. The molecule has 0 atom stereocenters. The average Bonchev–Trinajstić information content (AvgIpc) is 2.37. The highest BCUT2D eigenvalue weighted by Crippen LogP contribution is 2.18. The van der Waals surface area contributed by atoms with Gasteiger partial charge in [-0.2, -0.15) is 0 Å². The van der Waals surface area contributed by atoms with Crippen molar-refractivity contribution in [2.45, 2.75) is 0 Å². The van der Waals surface area contributed by atoms with E-state index >= 15 is 0 Å². The molecule has 0 fully saturated rings. The summed E-state index contributed by atoms with van der Waals surface area (Å²) in [5.41, 5.74) is 0.305. The van der Waals surface area contributed by atoms with Crippen LogP contribution in [0.3, 0.4) is 0 Å². The Bertz CT molecular complexity index is 681. The summed E-state index contributed by atoms with van der Waals surface area (Å²) >= 11 is 0. The maximum absolute atomic E-state index is 12.0. The molecule has 0 saturated heterocycles. The fraction of sp³-hybridized carbons (Fsp3) is 0.0769. The van der Waals surface area contributed by atoms with E-state index in [1.165, 1.54) is 19.4 Å². The van der Waals surface area contributed by atoms with E-state index in [1.54, 1.807) is 18.2 Å². The molecule has 0 saturated carbocycles. The summed E-state index contributed by atoms with van der Waals surface area (Å²) in [7, 11) is 1.50. The summed E-state index contributed by atoms with van der Waals surface area (Å²) in [6.45, 7) is 0. The summed E-state index contributed by atoms with van der Waals surface area (Å²) < 4.78 is 10.3. The van der Waals surface area contributed by atoms with Crippen molar-refractivity contribution < 1.29 is 19.1 Å². The molecule has 0 amide bonds. The Kier molecular flexibility index (Phi) is 3.14. The van der Waals surface area contributed by atoms with Gasteiger partial charge in [-0.15, -0.1) is 0 Å². The van der Waals surface area contributed by atoms with Crippen molar-refractivity contribution in [1.82, 2.24) is 0 Å². The van der Waals surface area contributed by atoms with Crippen LogP contribution >= 0.6 is 0 Å². The van der Waals surface area contributed by atoms with Gasteiger partial charge < -0.3 is 14.3 Å². The first-order valence-corrected chi connectivity index (χ1v) is 5.12. The summed E-state index contributed by atoms with van der Waals surface area (Å²) in [4.78, 5) is 22.5. The Morgan fingerprint density at radius 3 is 2.89 bits per heavy atom. The van der Waals surface area contributed by atoms with Gasteiger partial charge in [0.15, 0.2) is 5.43 Å². The molecule has 0 aliphatic carbocycles. The van der Waals surface area contributed by atoms with Gasteiger partial charge in [0.05, 0.1) is 18.1 Å². The maximum Gasteiger partial charge on any atom is 0.328 e. The Morgan fingerprint density at radius 1 is 1.44 bits per heavy atom. The largest absolute Gasteiger partial charge is 0.497 e. The monoisotopic (exact) mass is 246 g/mol. The van der Waals surface area contributed by atoms with Crippen molar-refractivity contribution >= 4 is 23.0 Å². The van der Waals surface area contributed by atoms with E-state index in [1.807, 2.05) is 0 Å². The molecule has 1 heterocycles. The van der Waals surface area contributed by atoms with Crippen LogP contribution in [0.2, 0.25) is 0 Å². The molecular formula is C13H10O5. The third-order valence-corrected chi connectivity index (χ3v) is 2.41. The van der Waals surface area contributed by atoms with E-state index in [4.69, 9.17) is 14.3 Å². The molecule has 0 radical (unpaired) electrons. The van der Waals surface area contributed by atoms with Gasteiger partial charge in [-0.05, 0) is 24.3 Å². The molecule has 0 aliphatic rings. The lowest BCUT2D eigenvalue weighted by Gasteiger charge is -2.01. The lowest BCUT2D eigenvalue weighted by Crippen LogP contribution is -2.05. The Morgan fingerprint density at radius 2 is 2.22 bits per heavy atom. The van der Waals surface area contributed by atoms with E-state index in [0.717, 1.165) is 6.08 Å². The molecule has 5 nitrogen and oxygen atoms in total. The molecule has 0 bridgehead atoms. The fourth-order valence-electron chi connectivity index (χ4n) is 1.53. The molecule has 2 aromatic rings. The van der Waals surface area contributed by atoms with Crippen molar-refractivity contribution in [3.63, 3.8) is 0 Å². The van der Waals surface area contributed by atoms with Crippen molar-refractivity contribution in [2.24, 2.45) is 0 Å². The number of aliphatic carboxylic acids is 1. The van der Waals surface area contributed by atoms with Crippen LogP contribution in [0.5, 0.6) is 5.75 Å². The number of methoxy groups -OCH3 is 1. The van der Waals surface area contributed by atoms with E-state index < -0.39 is 5.97 Å². The van der Waals surface area contributed by atoms with Gasteiger partial charge >= 0.3 is 5.97 Å². The van der Waals surface area contributed by atoms with Gasteiger partial charge in [-0.3, -0.25) is 4.79 Å². The summed E-state index contributed by atoms with van der Waals surface area (Å²) in [6, 6.07) is 4.86. The number of carbonyl (C=O) groups is 1. The molecular weight excluding hydrogens is 236 g/mol. The van der Waals surface area contributed by atoms with Gasteiger partial charge in [0.25, 0.3) is 0 Å². The minimum absolute atomic E-state index is 0.179. The lowest BCUT2D eigenvalue weighted by molar-refractivity contribution is -0.131. The number of hydrogen-bond acceptors (Lipinski definition) is 4. The van der Waals surface area contributed by atoms with Crippen LogP contribution in [-0.4, -0.2) is 18.2 Å². The van der Waals surface area contributed by atoms with Crippen LogP contribution in [0, 0.1) is 0 Å². The van der Waals surface area contributed by atoms with Crippen LogP contribution in [0.4, 0.5) is 0 Å². The molecule has 5 heteroatoms. The summed E-state index contributed by atoms with van der Waals surface area (Å²) in [6.07, 6.45) is 3.32. The highest BCUT2D eigenvalue weighted by atomic mass is 16.5. The van der Waals surface area contributed by atoms with Gasteiger partial charge in [0.2, 0.25) is 0 Å². The van der Waals surface area contributed by atoms with Gasteiger partial charge in [-0.1, -0.05) is 0 Å². The zero-order valence-electron chi connectivity index (χ0n) is 9.54. The first-order valence-electron chi connectivity index (χ1n) is 5.12. The van der Waals surface area contributed by atoms with Crippen LogP contribution in [0.15, 0.2) is 39.7 Å². The van der Waals surface area contributed by atoms with Crippen LogP contribution in [0.25, 0.3) is 17.0 Å². The number of benzene rings is 1. The first-order chi connectivity index (χ1) is 8.61. The fourth-order valence-corrected chi connectivity index (χ4v) is 1.53. The average molecular weight is 246 g/mol. The van der Waals surface area contributed by atoms with Crippen LogP contribution in [-0.2, 0) is 4.79 Å². The highest BCUT2D eigenvalue weighted by Gasteiger charge is 2.06. The standard InChI is InChI=1S/C13H10O5/c1-17-9-3-4-11-10(6-9)13(16)8(7-18-11)2-5-12(14)15/h2-7H,1H3,(H,14,15)/b5-2+. The molecule has 2 rings (SSSR count). The van der Waals surface area contributed by atoms with E-state index in [-0.39, 0.29) is 11.0 Å². The van der Waals surface area contributed by atoms with Crippen LogP contribution in [0.1, 0.15) is 5.56 Å². The van der Waals surface area contributed by atoms with Crippen molar-refractivity contribution in [1.29, 1.82) is 0 Å². The Balaban J connectivity index is 2.62. The SMILES string of the molecule is COc1ccc2occ(/C=C/C(=O)O)c(=O)c2c1. The normalized spacial score (nSPS) is 10.9. The minimum atomic E-state index is -1.12. The van der Waals surface area contributed by atoms with E-state index in [9.17, 15) is 9.59 Å². The van der Waals surface area contributed by atoms with Crippen LogP contribution < -0.4 is 10.2 Å². The molecule has 1 N–H and O–H groups in total. The first kappa shape index (κ1) is 11.9. The third-order valence-electron chi connectivity index (χ3n) is 2.41. The van der Waals surface area contributed by atoms with Crippen molar-refractivity contribution in [3.8, 4) is 5.75 Å². The Labute approximate surface area is 102 Å². The number of hydrogen-bond donors (Lipinski definition) is 1. The molecule has 0 spiro atoms. The third kappa shape index (κ3) is 2.24. The molecule has 1 aromatic heterocycles. The second kappa shape index (κ2) is 4.75.